The quantitative estimate of drug-likeness (QED) is 0.565. The first-order chi connectivity index (χ1) is 14.2. The topological polar surface area (TPSA) is 32.3 Å². The van der Waals surface area contributed by atoms with Crippen LogP contribution in [0.4, 0.5) is 11.4 Å². The second-order valence-electron chi connectivity index (χ2n) is 7.83. The van der Waals surface area contributed by atoms with E-state index in [0.717, 1.165) is 36.2 Å². The van der Waals surface area contributed by atoms with Gasteiger partial charge in [0, 0.05) is 23.0 Å². The molecule has 3 heteroatoms. The van der Waals surface area contributed by atoms with E-state index in [4.69, 9.17) is 0 Å². The smallest absolute Gasteiger partial charge is 0.258 e. The summed E-state index contributed by atoms with van der Waals surface area (Å²) in [5.74, 6) is 0.0751. The molecule has 1 aliphatic rings. The summed E-state index contributed by atoms with van der Waals surface area (Å²) in [6.07, 6.45) is 3.02. The van der Waals surface area contributed by atoms with Gasteiger partial charge in [-0.1, -0.05) is 61.9 Å². The van der Waals surface area contributed by atoms with Crippen molar-refractivity contribution in [3.05, 3.63) is 95.6 Å². The Morgan fingerprint density at radius 3 is 2.38 bits per heavy atom. The monoisotopic (exact) mass is 384 g/mol. The molecule has 0 saturated carbocycles. The molecular formula is C26H28N2O. The van der Waals surface area contributed by atoms with Crippen molar-refractivity contribution < 1.29 is 4.79 Å². The van der Waals surface area contributed by atoms with Crippen molar-refractivity contribution in [1.82, 2.24) is 0 Å². The Morgan fingerprint density at radius 1 is 0.966 bits per heavy atom. The van der Waals surface area contributed by atoms with E-state index in [-0.39, 0.29) is 18.0 Å². The number of hydrogen-bond acceptors (Lipinski definition) is 2. The highest BCUT2D eigenvalue weighted by Crippen LogP contribution is 2.39. The summed E-state index contributed by atoms with van der Waals surface area (Å²) in [6, 6.07) is 26.9. The predicted molar refractivity (Wildman–Crippen MR) is 121 cm³/mol. The summed E-state index contributed by atoms with van der Waals surface area (Å²) in [5.41, 5.74) is 5.31. The molecular weight excluding hydrogens is 356 g/mol. The molecule has 148 valence electrons. The Bertz CT molecular complexity index is 966. The van der Waals surface area contributed by atoms with Crippen LogP contribution in [0.25, 0.3) is 0 Å². The fraction of sp³-hybridized carbons (Fsp3) is 0.269. The highest BCUT2D eigenvalue weighted by Gasteiger charge is 2.34. The van der Waals surface area contributed by atoms with Crippen LogP contribution in [0.15, 0.2) is 78.9 Å². The van der Waals surface area contributed by atoms with Crippen LogP contribution < -0.4 is 10.2 Å². The molecule has 29 heavy (non-hydrogen) atoms. The Kier molecular flexibility index (Phi) is 5.66. The number of amides is 1. The van der Waals surface area contributed by atoms with Gasteiger partial charge in [0.2, 0.25) is 0 Å². The van der Waals surface area contributed by atoms with E-state index >= 15 is 0 Å². The summed E-state index contributed by atoms with van der Waals surface area (Å²) in [6.45, 7) is 4.31. The Morgan fingerprint density at radius 2 is 1.66 bits per heavy atom. The zero-order valence-electron chi connectivity index (χ0n) is 17.1. The number of nitrogens with zero attached hydrogens (tertiary/aromatic N) is 1. The summed E-state index contributed by atoms with van der Waals surface area (Å²) in [7, 11) is 0. The first-order valence-corrected chi connectivity index (χ1v) is 10.5. The van der Waals surface area contributed by atoms with Gasteiger partial charge in [-0.2, -0.15) is 0 Å². The lowest BCUT2D eigenvalue weighted by Gasteiger charge is -2.40. The number of anilines is 2. The highest BCUT2D eigenvalue weighted by atomic mass is 16.2. The number of carbonyl (C=O) groups excluding carboxylic acids is 1. The number of hydrogen-bond donors (Lipinski definition) is 1. The summed E-state index contributed by atoms with van der Waals surface area (Å²) < 4.78 is 0. The lowest BCUT2D eigenvalue weighted by atomic mass is 9.90. The minimum atomic E-state index is 0.0751. The molecule has 4 rings (SSSR count). The Labute approximate surface area is 173 Å². The molecule has 1 heterocycles. The van der Waals surface area contributed by atoms with E-state index in [9.17, 15) is 4.79 Å². The number of fused-ring (bicyclic) bond motifs is 1. The number of rotatable bonds is 5. The normalized spacial score (nSPS) is 18.2. The SMILES string of the molecule is CCCc1ccc(C(=O)N2c3ccccc3C(Nc3ccccc3)CC2C)cc1. The molecule has 3 aromatic rings. The Balaban J connectivity index is 1.63. The molecule has 0 aromatic heterocycles. The maximum Gasteiger partial charge on any atom is 0.258 e. The van der Waals surface area contributed by atoms with Crippen LogP contribution in [0.2, 0.25) is 0 Å². The van der Waals surface area contributed by atoms with Crippen LogP contribution in [0, 0.1) is 0 Å². The van der Waals surface area contributed by atoms with Crippen molar-refractivity contribution in [2.75, 3.05) is 10.2 Å². The van der Waals surface area contributed by atoms with Gasteiger partial charge in [-0.05, 0) is 61.2 Å². The van der Waals surface area contributed by atoms with Crippen LogP contribution in [0.3, 0.4) is 0 Å². The van der Waals surface area contributed by atoms with Gasteiger partial charge < -0.3 is 10.2 Å². The van der Waals surface area contributed by atoms with E-state index < -0.39 is 0 Å². The van der Waals surface area contributed by atoms with Gasteiger partial charge >= 0.3 is 0 Å². The predicted octanol–water partition coefficient (Wildman–Crippen LogP) is 6.23. The third-order valence-electron chi connectivity index (χ3n) is 5.66. The van der Waals surface area contributed by atoms with Crippen molar-refractivity contribution in [3.8, 4) is 0 Å². The van der Waals surface area contributed by atoms with Gasteiger partial charge in [0.1, 0.15) is 0 Å². The summed E-state index contributed by atoms with van der Waals surface area (Å²) >= 11 is 0. The van der Waals surface area contributed by atoms with Gasteiger partial charge in [0.15, 0.2) is 0 Å². The molecule has 1 aliphatic heterocycles. The maximum absolute atomic E-state index is 13.4. The van der Waals surface area contributed by atoms with Crippen LogP contribution in [-0.2, 0) is 6.42 Å². The fourth-order valence-electron chi connectivity index (χ4n) is 4.24. The minimum Gasteiger partial charge on any atom is -0.378 e. The molecule has 3 aromatic carbocycles. The second-order valence-corrected chi connectivity index (χ2v) is 7.83. The zero-order chi connectivity index (χ0) is 20.2. The van der Waals surface area contributed by atoms with E-state index in [1.54, 1.807) is 0 Å². The minimum absolute atomic E-state index is 0.0751. The van der Waals surface area contributed by atoms with Crippen molar-refractivity contribution in [2.24, 2.45) is 0 Å². The fourth-order valence-corrected chi connectivity index (χ4v) is 4.24. The molecule has 0 saturated heterocycles. The summed E-state index contributed by atoms with van der Waals surface area (Å²) in [4.78, 5) is 15.4. The molecule has 1 amide bonds. The molecule has 2 unspecified atom stereocenters. The largest absolute Gasteiger partial charge is 0.378 e. The molecule has 2 atom stereocenters. The summed E-state index contributed by atoms with van der Waals surface area (Å²) in [5, 5.41) is 3.65. The second kappa shape index (κ2) is 8.52. The van der Waals surface area contributed by atoms with Crippen molar-refractivity contribution in [3.63, 3.8) is 0 Å². The van der Waals surface area contributed by atoms with Crippen molar-refractivity contribution >= 4 is 17.3 Å². The number of nitrogens with one attached hydrogen (secondary N) is 1. The van der Waals surface area contributed by atoms with Crippen molar-refractivity contribution in [2.45, 2.75) is 45.2 Å². The molecule has 0 bridgehead atoms. The van der Waals surface area contributed by atoms with Crippen molar-refractivity contribution in [1.29, 1.82) is 0 Å². The van der Waals surface area contributed by atoms with Gasteiger partial charge in [-0.15, -0.1) is 0 Å². The van der Waals surface area contributed by atoms with Crippen LogP contribution >= 0.6 is 0 Å². The van der Waals surface area contributed by atoms with Crippen LogP contribution in [0.1, 0.15) is 54.2 Å². The first kappa shape index (κ1) is 19.3. The highest BCUT2D eigenvalue weighted by molar-refractivity contribution is 6.07. The van der Waals surface area contributed by atoms with E-state index in [1.807, 2.05) is 41.3 Å². The molecule has 1 N–H and O–H groups in total. The molecule has 3 nitrogen and oxygen atoms in total. The third kappa shape index (κ3) is 4.04. The molecule has 0 aliphatic carbocycles. The van der Waals surface area contributed by atoms with Gasteiger partial charge in [0.05, 0.1) is 6.04 Å². The third-order valence-corrected chi connectivity index (χ3v) is 5.66. The molecule has 0 fully saturated rings. The van der Waals surface area contributed by atoms with E-state index in [0.29, 0.717) is 0 Å². The van der Waals surface area contributed by atoms with Crippen LogP contribution in [-0.4, -0.2) is 11.9 Å². The average Bonchev–Trinajstić information content (AvgIpc) is 2.75. The zero-order valence-corrected chi connectivity index (χ0v) is 17.1. The van der Waals surface area contributed by atoms with E-state index in [2.05, 4.69) is 61.6 Å². The van der Waals surface area contributed by atoms with Gasteiger partial charge in [-0.3, -0.25) is 4.79 Å². The lowest BCUT2D eigenvalue weighted by Crippen LogP contribution is -2.44. The number of carbonyl (C=O) groups is 1. The van der Waals surface area contributed by atoms with Crippen LogP contribution in [0.5, 0.6) is 0 Å². The average molecular weight is 385 g/mol. The van der Waals surface area contributed by atoms with Gasteiger partial charge in [-0.25, -0.2) is 0 Å². The lowest BCUT2D eigenvalue weighted by molar-refractivity contribution is 0.0974. The number of aryl methyl sites for hydroxylation is 1. The van der Waals surface area contributed by atoms with E-state index in [1.165, 1.54) is 11.1 Å². The molecule has 0 radical (unpaired) electrons. The number of para-hydroxylation sites is 2. The number of benzene rings is 3. The maximum atomic E-state index is 13.4. The molecule has 0 spiro atoms. The van der Waals surface area contributed by atoms with Gasteiger partial charge in [0.25, 0.3) is 5.91 Å². The standard InChI is InChI=1S/C26H28N2O/c1-3-9-20-14-16-21(17-15-20)26(29)28-19(2)18-24(23-12-7-8-13-25(23)28)27-22-10-5-4-6-11-22/h4-8,10-17,19,24,27H,3,9,18H2,1-2H3. The Hall–Kier alpha value is -3.07. The first-order valence-electron chi connectivity index (χ1n) is 10.5.